The van der Waals surface area contributed by atoms with Gasteiger partial charge in [0, 0.05) is 12.2 Å². The molecule has 0 unspecified atom stereocenters. The second kappa shape index (κ2) is 6.26. The van der Waals surface area contributed by atoms with Gasteiger partial charge in [-0.1, -0.05) is 25.3 Å². The third kappa shape index (κ3) is 3.24. The summed E-state index contributed by atoms with van der Waals surface area (Å²) < 4.78 is 0. The number of nitrogens with two attached hydrogens (primary N) is 1. The zero-order valence-corrected chi connectivity index (χ0v) is 12.3. The van der Waals surface area contributed by atoms with E-state index in [2.05, 4.69) is 5.32 Å². The summed E-state index contributed by atoms with van der Waals surface area (Å²) in [6.07, 6.45) is 4.76. The zero-order chi connectivity index (χ0) is 15.5. The Kier molecular flexibility index (Phi) is 4.63. The molecule has 4 N–H and O–H groups in total. The van der Waals surface area contributed by atoms with Crippen LogP contribution in [0, 0.1) is 12.3 Å². The number of carbonyl (C=O) groups excluding carboxylic acids is 1. The summed E-state index contributed by atoms with van der Waals surface area (Å²) >= 11 is 0. The van der Waals surface area contributed by atoms with Crippen molar-refractivity contribution < 1.29 is 14.7 Å². The number of nitrogens with one attached hydrogen (secondary N) is 1. The van der Waals surface area contributed by atoms with Gasteiger partial charge in [0.15, 0.2) is 0 Å². The summed E-state index contributed by atoms with van der Waals surface area (Å²) in [6, 6.07) is 4.93. The number of carboxylic acid groups (broad SMARTS) is 1. The first-order valence-electron chi connectivity index (χ1n) is 7.34. The molecule has 21 heavy (non-hydrogen) atoms. The van der Waals surface area contributed by atoms with Gasteiger partial charge in [-0.05, 0) is 37.5 Å². The Bertz CT molecular complexity index is 548. The second-order valence-electron chi connectivity index (χ2n) is 5.83. The summed E-state index contributed by atoms with van der Waals surface area (Å²) in [7, 11) is 0. The van der Waals surface area contributed by atoms with Crippen LogP contribution in [0.2, 0.25) is 0 Å². The standard InChI is InChI=1S/C16H22N2O3/c1-11-5-6-12(9-13(11)14(19)20)18-15(21)16(10-17)7-3-2-4-8-16/h5-6,9H,2-4,7-8,10,17H2,1H3,(H,18,21)(H,19,20). The highest BCUT2D eigenvalue weighted by atomic mass is 16.4. The molecule has 1 amide bonds. The van der Waals surface area contributed by atoms with Crippen LogP contribution in [0.4, 0.5) is 5.69 Å². The van der Waals surface area contributed by atoms with Crippen LogP contribution in [-0.2, 0) is 4.79 Å². The van der Waals surface area contributed by atoms with Crippen molar-refractivity contribution in [1.82, 2.24) is 0 Å². The maximum Gasteiger partial charge on any atom is 0.336 e. The van der Waals surface area contributed by atoms with Crippen molar-refractivity contribution in [3.05, 3.63) is 29.3 Å². The molecular formula is C16H22N2O3. The van der Waals surface area contributed by atoms with E-state index in [1.165, 1.54) is 6.07 Å². The average Bonchev–Trinajstić information content (AvgIpc) is 2.49. The Balaban J connectivity index is 2.19. The van der Waals surface area contributed by atoms with Crippen molar-refractivity contribution in [3.8, 4) is 0 Å². The molecule has 0 aromatic heterocycles. The first kappa shape index (κ1) is 15.5. The Labute approximate surface area is 124 Å². The van der Waals surface area contributed by atoms with Crippen LogP contribution >= 0.6 is 0 Å². The number of hydrogen-bond acceptors (Lipinski definition) is 3. The van der Waals surface area contributed by atoms with Gasteiger partial charge in [-0.3, -0.25) is 4.79 Å². The van der Waals surface area contributed by atoms with E-state index in [9.17, 15) is 9.59 Å². The van der Waals surface area contributed by atoms with Gasteiger partial charge >= 0.3 is 5.97 Å². The van der Waals surface area contributed by atoms with Crippen LogP contribution in [0.5, 0.6) is 0 Å². The summed E-state index contributed by atoms with van der Waals surface area (Å²) in [5.41, 5.74) is 6.73. The Morgan fingerprint density at radius 2 is 1.95 bits per heavy atom. The minimum absolute atomic E-state index is 0.0927. The minimum atomic E-state index is -0.991. The number of aryl methyl sites for hydroxylation is 1. The molecule has 0 spiro atoms. The molecule has 5 nitrogen and oxygen atoms in total. The van der Waals surface area contributed by atoms with E-state index in [-0.39, 0.29) is 11.5 Å². The molecule has 0 radical (unpaired) electrons. The molecule has 1 aliphatic carbocycles. The monoisotopic (exact) mass is 290 g/mol. The lowest BCUT2D eigenvalue weighted by Crippen LogP contribution is -2.43. The van der Waals surface area contributed by atoms with E-state index >= 15 is 0 Å². The van der Waals surface area contributed by atoms with Crippen LogP contribution in [0.3, 0.4) is 0 Å². The number of carbonyl (C=O) groups is 2. The maximum absolute atomic E-state index is 12.5. The molecule has 1 aliphatic rings. The highest BCUT2D eigenvalue weighted by molar-refractivity contribution is 5.97. The van der Waals surface area contributed by atoms with Gasteiger partial charge in [-0.15, -0.1) is 0 Å². The molecule has 1 saturated carbocycles. The largest absolute Gasteiger partial charge is 0.478 e. The van der Waals surface area contributed by atoms with Crippen molar-refractivity contribution in [2.45, 2.75) is 39.0 Å². The van der Waals surface area contributed by atoms with Gasteiger partial charge in [-0.2, -0.15) is 0 Å². The van der Waals surface area contributed by atoms with Gasteiger partial charge < -0.3 is 16.2 Å². The molecule has 1 aromatic carbocycles. The summed E-state index contributed by atoms with van der Waals surface area (Å²) in [5.74, 6) is -1.08. The van der Waals surface area contributed by atoms with E-state index in [1.54, 1.807) is 19.1 Å². The lowest BCUT2D eigenvalue weighted by molar-refractivity contribution is -0.126. The van der Waals surface area contributed by atoms with Gasteiger partial charge in [0.05, 0.1) is 11.0 Å². The molecule has 0 aliphatic heterocycles. The van der Waals surface area contributed by atoms with Gasteiger partial charge in [0.1, 0.15) is 0 Å². The van der Waals surface area contributed by atoms with E-state index in [4.69, 9.17) is 10.8 Å². The molecule has 1 aromatic rings. The summed E-state index contributed by atoms with van der Waals surface area (Å²) in [4.78, 5) is 23.7. The number of carboxylic acids is 1. The van der Waals surface area contributed by atoms with E-state index < -0.39 is 11.4 Å². The quantitative estimate of drug-likeness (QED) is 0.794. The van der Waals surface area contributed by atoms with Crippen LogP contribution in [0.25, 0.3) is 0 Å². The smallest absolute Gasteiger partial charge is 0.336 e. The zero-order valence-electron chi connectivity index (χ0n) is 12.3. The third-order valence-corrected chi connectivity index (χ3v) is 4.41. The molecule has 0 heterocycles. The van der Waals surface area contributed by atoms with E-state index in [0.29, 0.717) is 17.8 Å². The molecule has 5 heteroatoms. The molecule has 114 valence electrons. The third-order valence-electron chi connectivity index (χ3n) is 4.41. The number of benzene rings is 1. The van der Waals surface area contributed by atoms with Crippen molar-refractivity contribution in [2.24, 2.45) is 11.1 Å². The molecule has 0 atom stereocenters. The topological polar surface area (TPSA) is 92.4 Å². The highest BCUT2D eigenvalue weighted by Gasteiger charge is 2.38. The minimum Gasteiger partial charge on any atom is -0.478 e. The fraction of sp³-hybridized carbons (Fsp3) is 0.500. The lowest BCUT2D eigenvalue weighted by atomic mass is 9.73. The fourth-order valence-corrected chi connectivity index (χ4v) is 2.95. The van der Waals surface area contributed by atoms with Crippen molar-refractivity contribution in [2.75, 3.05) is 11.9 Å². The van der Waals surface area contributed by atoms with E-state index in [0.717, 1.165) is 32.1 Å². The predicted molar refractivity (Wildman–Crippen MR) is 81.3 cm³/mol. The fourth-order valence-electron chi connectivity index (χ4n) is 2.95. The van der Waals surface area contributed by atoms with Gasteiger partial charge in [-0.25, -0.2) is 4.79 Å². The normalized spacial score (nSPS) is 17.2. The van der Waals surface area contributed by atoms with Gasteiger partial charge in [0.25, 0.3) is 0 Å². The van der Waals surface area contributed by atoms with Crippen molar-refractivity contribution in [1.29, 1.82) is 0 Å². The molecule has 0 saturated heterocycles. The van der Waals surface area contributed by atoms with Gasteiger partial charge in [0.2, 0.25) is 5.91 Å². The maximum atomic E-state index is 12.5. The second-order valence-corrected chi connectivity index (χ2v) is 5.83. The van der Waals surface area contributed by atoms with Crippen LogP contribution < -0.4 is 11.1 Å². The molecule has 0 bridgehead atoms. The van der Waals surface area contributed by atoms with Crippen LogP contribution in [0.1, 0.15) is 48.0 Å². The summed E-state index contributed by atoms with van der Waals surface area (Å²) in [5, 5.41) is 12.0. The molecule has 2 rings (SSSR count). The predicted octanol–water partition coefficient (Wildman–Crippen LogP) is 2.54. The first-order valence-corrected chi connectivity index (χ1v) is 7.34. The van der Waals surface area contributed by atoms with Crippen LogP contribution in [0.15, 0.2) is 18.2 Å². The first-order chi connectivity index (χ1) is 9.98. The lowest BCUT2D eigenvalue weighted by Gasteiger charge is -2.34. The SMILES string of the molecule is Cc1ccc(NC(=O)C2(CN)CCCCC2)cc1C(=O)O. The van der Waals surface area contributed by atoms with Crippen LogP contribution in [-0.4, -0.2) is 23.5 Å². The number of anilines is 1. The summed E-state index contributed by atoms with van der Waals surface area (Å²) in [6.45, 7) is 2.06. The highest BCUT2D eigenvalue weighted by Crippen LogP contribution is 2.36. The van der Waals surface area contributed by atoms with Crippen molar-refractivity contribution in [3.63, 3.8) is 0 Å². The number of amides is 1. The number of aromatic carboxylic acids is 1. The average molecular weight is 290 g/mol. The number of rotatable bonds is 4. The molecular weight excluding hydrogens is 268 g/mol. The Morgan fingerprint density at radius 3 is 2.52 bits per heavy atom. The van der Waals surface area contributed by atoms with Crippen molar-refractivity contribution >= 4 is 17.6 Å². The number of hydrogen-bond donors (Lipinski definition) is 3. The molecule has 1 fully saturated rings. The Morgan fingerprint density at radius 1 is 1.29 bits per heavy atom. The van der Waals surface area contributed by atoms with E-state index in [1.807, 2.05) is 0 Å². The Hall–Kier alpha value is -1.88.